The molecule has 0 saturated carbocycles. The maximum Gasteiger partial charge on any atom is 0.327 e. The number of imide groups is 1. The number of benzene rings is 1. The van der Waals surface area contributed by atoms with E-state index in [4.69, 9.17) is 0 Å². The Morgan fingerprint density at radius 1 is 1.03 bits per heavy atom. The van der Waals surface area contributed by atoms with Crippen LogP contribution in [0.3, 0.4) is 0 Å². The van der Waals surface area contributed by atoms with Gasteiger partial charge in [-0.1, -0.05) is 52.0 Å². The quantitative estimate of drug-likeness (QED) is 0.711. The molecule has 2 heterocycles. The first-order valence-corrected chi connectivity index (χ1v) is 10.6. The Labute approximate surface area is 173 Å². The minimum atomic E-state index is -0.814. The molecule has 2 fully saturated rings. The van der Waals surface area contributed by atoms with Gasteiger partial charge in [0.25, 0.3) is 5.91 Å². The van der Waals surface area contributed by atoms with Crippen molar-refractivity contribution in [2.45, 2.75) is 65.5 Å². The van der Waals surface area contributed by atoms with Crippen molar-refractivity contribution in [3.8, 4) is 0 Å². The Hall–Kier alpha value is -2.37. The molecule has 1 aromatic carbocycles. The first-order chi connectivity index (χ1) is 13.7. The average Bonchev–Trinajstić information content (AvgIpc) is 2.85. The van der Waals surface area contributed by atoms with Crippen molar-refractivity contribution in [1.29, 1.82) is 0 Å². The van der Waals surface area contributed by atoms with E-state index in [2.05, 4.69) is 39.8 Å². The van der Waals surface area contributed by atoms with Crippen molar-refractivity contribution in [1.82, 2.24) is 14.7 Å². The fourth-order valence-corrected chi connectivity index (χ4v) is 4.41. The van der Waals surface area contributed by atoms with Crippen LogP contribution in [0, 0.1) is 5.92 Å². The zero-order valence-electron chi connectivity index (χ0n) is 18.3. The van der Waals surface area contributed by atoms with E-state index in [1.165, 1.54) is 10.5 Å². The van der Waals surface area contributed by atoms with Crippen LogP contribution in [0.5, 0.6) is 0 Å². The van der Waals surface area contributed by atoms with Crippen LogP contribution in [0.1, 0.15) is 64.5 Å². The fourth-order valence-electron chi connectivity index (χ4n) is 4.41. The number of nitrogens with zero attached hydrogens (tertiary/aromatic N) is 3. The number of rotatable bonds is 5. The normalized spacial score (nSPS) is 19.2. The fraction of sp³-hybridized carbons (Fsp3) is 0.609. The molecule has 6 nitrogen and oxygen atoms in total. The van der Waals surface area contributed by atoms with Crippen LogP contribution in [0.2, 0.25) is 0 Å². The first kappa shape index (κ1) is 21.3. The average molecular weight is 400 g/mol. The van der Waals surface area contributed by atoms with Gasteiger partial charge in [-0.25, -0.2) is 4.79 Å². The monoisotopic (exact) mass is 399 g/mol. The van der Waals surface area contributed by atoms with E-state index in [0.717, 1.165) is 5.56 Å². The summed E-state index contributed by atoms with van der Waals surface area (Å²) in [6.45, 7) is 11.8. The molecule has 4 amide bonds. The zero-order valence-corrected chi connectivity index (χ0v) is 18.3. The Morgan fingerprint density at radius 3 is 2.10 bits per heavy atom. The lowest BCUT2D eigenvalue weighted by Crippen LogP contribution is -2.57. The largest absolute Gasteiger partial charge is 0.343 e. The van der Waals surface area contributed by atoms with Crippen LogP contribution in [-0.4, -0.2) is 57.7 Å². The molecule has 2 aliphatic rings. The lowest BCUT2D eigenvalue weighted by atomic mass is 9.85. The van der Waals surface area contributed by atoms with Gasteiger partial charge in [0.2, 0.25) is 5.91 Å². The topological polar surface area (TPSA) is 60.9 Å². The number of piperidine rings is 1. The number of carbonyl (C=O) groups is 3. The Kier molecular flexibility index (Phi) is 6.01. The van der Waals surface area contributed by atoms with Crippen LogP contribution in [-0.2, 0) is 16.1 Å². The van der Waals surface area contributed by atoms with Crippen molar-refractivity contribution >= 4 is 17.8 Å². The van der Waals surface area contributed by atoms with Gasteiger partial charge < -0.3 is 9.80 Å². The number of urea groups is 1. The Bertz CT molecular complexity index is 777. The third kappa shape index (κ3) is 4.02. The summed E-state index contributed by atoms with van der Waals surface area (Å²) < 4.78 is 0. The van der Waals surface area contributed by atoms with Gasteiger partial charge in [0.15, 0.2) is 0 Å². The van der Waals surface area contributed by atoms with E-state index in [1.807, 2.05) is 12.1 Å². The van der Waals surface area contributed by atoms with Gasteiger partial charge in [0, 0.05) is 26.6 Å². The van der Waals surface area contributed by atoms with Gasteiger partial charge in [-0.05, 0) is 35.8 Å². The van der Waals surface area contributed by atoms with E-state index >= 15 is 0 Å². The molecule has 0 unspecified atom stereocenters. The summed E-state index contributed by atoms with van der Waals surface area (Å²) in [6, 6.07) is 7.95. The third-order valence-electron chi connectivity index (χ3n) is 6.19. The minimum Gasteiger partial charge on any atom is -0.343 e. The lowest BCUT2D eigenvalue weighted by molar-refractivity contribution is -0.140. The molecule has 0 N–H and O–H groups in total. The predicted octanol–water partition coefficient (Wildman–Crippen LogP) is 3.61. The summed E-state index contributed by atoms with van der Waals surface area (Å²) in [4.78, 5) is 43.5. The van der Waals surface area contributed by atoms with E-state index < -0.39 is 5.54 Å². The molecular formula is C23H33N3O3. The summed E-state index contributed by atoms with van der Waals surface area (Å²) in [5.41, 5.74) is 1.38. The molecule has 1 spiro atoms. The van der Waals surface area contributed by atoms with E-state index in [9.17, 15) is 14.4 Å². The Balaban J connectivity index is 1.85. The summed E-state index contributed by atoms with van der Waals surface area (Å²) in [5.74, 6) is 0.614. The molecule has 1 aromatic rings. The molecular weight excluding hydrogens is 366 g/mol. The maximum atomic E-state index is 13.5. The van der Waals surface area contributed by atoms with E-state index in [0.29, 0.717) is 44.9 Å². The standard InChI is InChI=1S/C23H33N3O3/c1-16(2)14-26-22(29)25(15-19-6-8-20(9-7-19)17(3)4)21(28)23(26)10-12-24(13-11-23)18(5)27/h6-9,16-17H,10-15H2,1-5H3. The highest BCUT2D eigenvalue weighted by Gasteiger charge is 2.57. The number of hydrogen-bond donors (Lipinski definition) is 0. The van der Waals surface area contributed by atoms with Crippen LogP contribution in [0.4, 0.5) is 4.79 Å². The van der Waals surface area contributed by atoms with Crippen LogP contribution in [0.25, 0.3) is 0 Å². The summed E-state index contributed by atoms with van der Waals surface area (Å²) in [7, 11) is 0. The zero-order chi connectivity index (χ0) is 21.3. The second-order valence-corrected chi connectivity index (χ2v) is 9.11. The molecule has 158 valence electrons. The highest BCUT2D eigenvalue weighted by Crippen LogP contribution is 2.38. The first-order valence-electron chi connectivity index (χ1n) is 10.6. The number of likely N-dealkylation sites (tertiary alicyclic amines) is 1. The highest BCUT2D eigenvalue weighted by atomic mass is 16.2. The number of amides is 4. The molecule has 0 atom stereocenters. The molecule has 0 bridgehead atoms. The van der Waals surface area contributed by atoms with Crippen molar-refractivity contribution in [3.63, 3.8) is 0 Å². The van der Waals surface area contributed by atoms with Gasteiger partial charge in [-0.3, -0.25) is 14.5 Å². The van der Waals surface area contributed by atoms with Gasteiger partial charge in [-0.2, -0.15) is 0 Å². The van der Waals surface area contributed by atoms with Gasteiger partial charge in [0.05, 0.1) is 6.54 Å². The molecule has 29 heavy (non-hydrogen) atoms. The number of carbonyl (C=O) groups excluding carboxylic acids is 3. The van der Waals surface area contributed by atoms with Crippen LogP contribution < -0.4 is 0 Å². The molecule has 0 aromatic heterocycles. The van der Waals surface area contributed by atoms with Crippen molar-refractivity contribution in [2.24, 2.45) is 5.92 Å². The summed E-state index contributed by atoms with van der Waals surface area (Å²) in [5, 5.41) is 0. The smallest absolute Gasteiger partial charge is 0.327 e. The molecule has 0 radical (unpaired) electrons. The van der Waals surface area contributed by atoms with E-state index in [1.54, 1.807) is 16.7 Å². The van der Waals surface area contributed by atoms with Gasteiger partial charge in [-0.15, -0.1) is 0 Å². The molecule has 2 aliphatic heterocycles. The molecule has 2 saturated heterocycles. The summed E-state index contributed by atoms with van der Waals surface area (Å²) >= 11 is 0. The predicted molar refractivity (Wildman–Crippen MR) is 112 cm³/mol. The molecule has 6 heteroatoms. The number of hydrogen-bond acceptors (Lipinski definition) is 3. The van der Waals surface area contributed by atoms with Crippen LogP contribution in [0.15, 0.2) is 24.3 Å². The van der Waals surface area contributed by atoms with Crippen molar-refractivity contribution < 1.29 is 14.4 Å². The van der Waals surface area contributed by atoms with Crippen LogP contribution >= 0.6 is 0 Å². The molecule has 3 rings (SSSR count). The van der Waals surface area contributed by atoms with Gasteiger partial charge >= 0.3 is 6.03 Å². The van der Waals surface area contributed by atoms with Gasteiger partial charge in [0.1, 0.15) is 5.54 Å². The second kappa shape index (κ2) is 8.17. The highest BCUT2D eigenvalue weighted by molar-refractivity contribution is 6.07. The minimum absolute atomic E-state index is 0.0223. The van der Waals surface area contributed by atoms with E-state index in [-0.39, 0.29) is 23.8 Å². The van der Waals surface area contributed by atoms with Crippen molar-refractivity contribution in [2.75, 3.05) is 19.6 Å². The SMILES string of the molecule is CC(=O)N1CCC2(CC1)C(=O)N(Cc1ccc(C(C)C)cc1)C(=O)N2CC(C)C. The molecule has 0 aliphatic carbocycles. The third-order valence-corrected chi connectivity index (χ3v) is 6.19. The maximum absolute atomic E-state index is 13.5. The summed E-state index contributed by atoms with van der Waals surface area (Å²) in [6.07, 6.45) is 1.01. The second-order valence-electron chi connectivity index (χ2n) is 9.11. The van der Waals surface area contributed by atoms with Crippen molar-refractivity contribution in [3.05, 3.63) is 35.4 Å². The Morgan fingerprint density at radius 2 is 1.62 bits per heavy atom. The lowest BCUT2D eigenvalue weighted by Gasteiger charge is -2.42.